The first kappa shape index (κ1) is 17.3. The number of ether oxygens (including phenoxy) is 1. The van der Waals surface area contributed by atoms with Crippen LogP contribution in [0.1, 0.15) is 16.8 Å². The van der Waals surface area contributed by atoms with E-state index >= 15 is 0 Å². The molecule has 0 atom stereocenters. The number of aryl methyl sites for hydroxylation is 1. The molecule has 0 saturated carbocycles. The lowest BCUT2D eigenvalue weighted by Crippen LogP contribution is -2.04. The second-order valence-corrected chi connectivity index (χ2v) is 7.06. The van der Waals surface area contributed by atoms with Crippen molar-refractivity contribution >= 4 is 28.9 Å². The third-order valence-electron chi connectivity index (χ3n) is 5.18. The molecule has 3 heterocycles. The number of imidazole rings is 1. The van der Waals surface area contributed by atoms with E-state index < -0.39 is 0 Å². The molecule has 0 aliphatic carbocycles. The lowest BCUT2D eigenvalue weighted by molar-refractivity contribution is -0.110. The number of amides is 1. The molecule has 1 aliphatic rings. The fourth-order valence-electron chi connectivity index (χ4n) is 3.65. The summed E-state index contributed by atoms with van der Waals surface area (Å²) in [6, 6.07) is 19.7. The first-order valence-electron chi connectivity index (χ1n) is 9.39. The Hall–Kier alpha value is -3.86. The molecule has 5 rings (SSSR count). The number of carbonyl (C=O) groups excluding carboxylic acids is 1. The van der Waals surface area contributed by atoms with Gasteiger partial charge in [0, 0.05) is 23.0 Å². The third-order valence-corrected chi connectivity index (χ3v) is 5.18. The highest BCUT2D eigenvalue weighted by Gasteiger charge is 2.26. The summed E-state index contributed by atoms with van der Waals surface area (Å²) in [5.41, 5.74) is 6.95. The Labute approximate surface area is 168 Å². The number of benzene rings is 2. The van der Waals surface area contributed by atoms with Crippen LogP contribution in [0.5, 0.6) is 5.75 Å². The number of methoxy groups -OCH3 is 1. The maximum atomic E-state index is 12.7. The molecule has 5 heteroatoms. The van der Waals surface area contributed by atoms with Crippen LogP contribution in [-0.2, 0) is 4.79 Å². The maximum absolute atomic E-state index is 12.7. The van der Waals surface area contributed by atoms with Gasteiger partial charge in [0.05, 0.1) is 24.1 Å². The number of nitrogens with zero attached hydrogens (tertiary/aromatic N) is 2. The fraction of sp³-hybridized carbons (Fsp3) is 0.0833. The van der Waals surface area contributed by atoms with Crippen molar-refractivity contribution in [1.82, 2.24) is 9.38 Å². The molecule has 0 saturated heterocycles. The molecule has 29 heavy (non-hydrogen) atoms. The van der Waals surface area contributed by atoms with Crippen molar-refractivity contribution in [3.05, 3.63) is 83.7 Å². The minimum Gasteiger partial charge on any atom is -0.497 e. The van der Waals surface area contributed by atoms with E-state index in [9.17, 15) is 4.79 Å². The van der Waals surface area contributed by atoms with E-state index in [0.717, 1.165) is 33.8 Å². The lowest BCUT2D eigenvalue weighted by Gasteiger charge is -2.05. The third kappa shape index (κ3) is 2.88. The summed E-state index contributed by atoms with van der Waals surface area (Å²) in [7, 11) is 1.62. The summed E-state index contributed by atoms with van der Waals surface area (Å²) in [5.74, 6) is 0.581. The molecular formula is C24H19N3O2. The summed E-state index contributed by atoms with van der Waals surface area (Å²) in [6.45, 7) is 2.06. The standard InChI is InChI=1S/C24H19N3O2/c1-15-6-8-16(9-7-15)23-21(27-12-4-3-5-22(27)26-23)14-19-18-13-17(29-2)10-11-20(18)25-24(19)28/h3-14H,1-2H3,(H,25,28)/b19-14+. The first-order chi connectivity index (χ1) is 14.1. The van der Waals surface area contributed by atoms with Gasteiger partial charge < -0.3 is 10.1 Å². The number of carbonyl (C=O) groups is 1. The number of aromatic nitrogens is 2. The molecule has 4 aromatic rings. The van der Waals surface area contributed by atoms with Crippen LogP contribution in [0.2, 0.25) is 0 Å². The Bertz CT molecular complexity index is 1280. The second kappa shape index (κ2) is 6.63. The molecule has 1 N–H and O–H groups in total. The van der Waals surface area contributed by atoms with Crippen molar-refractivity contribution in [2.45, 2.75) is 6.92 Å². The van der Waals surface area contributed by atoms with Gasteiger partial charge >= 0.3 is 0 Å². The van der Waals surface area contributed by atoms with Gasteiger partial charge in [-0.2, -0.15) is 0 Å². The largest absolute Gasteiger partial charge is 0.497 e. The van der Waals surface area contributed by atoms with Crippen LogP contribution in [-0.4, -0.2) is 22.4 Å². The van der Waals surface area contributed by atoms with Crippen molar-refractivity contribution in [1.29, 1.82) is 0 Å². The van der Waals surface area contributed by atoms with Crippen LogP contribution >= 0.6 is 0 Å². The average Bonchev–Trinajstić information content (AvgIpc) is 3.26. The maximum Gasteiger partial charge on any atom is 0.256 e. The first-order valence-corrected chi connectivity index (χ1v) is 9.39. The summed E-state index contributed by atoms with van der Waals surface area (Å²) >= 11 is 0. The quantitative estimate of drug-likeness (QED) is 0.518. The Morgan fingerprint density at radius 3 is 2.69 bits per heavy atom. The van der Waals surface area contributed by atoms with E-state index in [2.05, 4.69) is 36.5 Å². The van der Waals surface area contributed by atoms with E-state index in [1.807, 2.05) is 53.1 Å². The number of fused-ring (bicyclic) bond motifs is 2. The topological polar surface area (TPSA) is 55.6 Å². The Morgan fingerprint density at radius 2 is 1.90 bits per heavy atom. The molecule has 0 spiro atoms. The molecule has 2 aromatic carbocycles. The summed E-state index contributed by atoms with van der Waals surface area (Å²) < 4.78 is 7.36. The zero-order chi connectivity index (χ0) is 20.0. The van der Waals surface area contributed by atoms with Crippen molar-refractivity contribution in [2.75, 3.05) is 12.4 Å². The molecule has 2 aromatic heterocycles. The van der Waals surface area contributed by atoms with Crippen LogP contribution in [0.4, 0.5) is 5.69 Å². The van der Waals surface area contributed by atoms with Gasteiger partial charge in [0.1, 0.15) is 11.4 Å². The molecule has 5 nitrogen and oxygen atoms in total. The van der Waals surface area contributed by atoms with Gasteiger partial charge in [0.25, 0.3) is 5.91 Å². The van der Waals surface area contributed by atoms with Gasteiger partial charge in [-0.25, -0.2) is 4.98 Å². The number of rotatable bonds is 3. The Kier molecular flexibility index (Phi) is 3.95. The van der Waals surface area contributed by atoms with Crippen molar-refractivity contribution < 1.29 is 9.53 Å². The highest BCUT2D eigenvalue weighted by Crippen LogP contribution is 2.37. The molecule has 1 amide bonds. The predicted molar refractivity (Wildman–Crippen MR) is 115 cm³/mol. The summed E-state index contributed by atoms with van der Waals surface area (Å²) in [6.07, 6.45) is 3.88. The minimum absolute atomic E-state index is 0.131. The normalized spacial score (nSPS) is 14.3. The monoisotopic (exact) mass is 381 g/mol. The van der Waals surface area contributed by atoms with Crippen LogP contribution in [0.15, 0.2) is 66.9 Å². The van der Waals surface area contributed by atoms with Gasteiger partial charge in [-0.05, 0) is 43.3 Å². The molecule has 0 radical (unpaired) electrons. The van der Waals surface area contributed by atoms with Crippen LogP contribution in [0.25, 0.3) is 28.6 Å². The zero-order valence-electron chi connectivity index (χ0n) is 16.1. The minimum atomic E-state index is -0.131. The Morgan fingerprint density at radius 1 is 1.07 bits per heavy atom. The smallest absolute Gasteiger partial charge is 0.256 e. The van der Waals surface area contributed by atoms with Crippen molar-refractivity contribution in [2.24, 2.45) is 0 Å². The van der Waals surface area contributed by atoms with Gasteiger partial charge in [-0.15, -0.1) is 0 Å². The number of nitrogens with one attached hydrogen (secondary N) is 1. The number of hydrogen-bond acceptors (Lipinski definition) is 3. The predicted octanol–water partition coefficient (Wildman–Crippen LogP) is 4.81. The fourth-order valence-corrected chi connectivity index (χ4v) is 3.65. The summed E-state index contributed by atoms with van der Waals surface area (Å²) in [4.78, 5) is 17.6. The molecular weight excluding hydrogens is 362 g/mol. The van der Waals surface area contributed by atoms with Gasteiger partial charge in [0.2, 0.25) is 0 Å². The van der Waals surface area contributed by atoms with E-state index in [-0.39, 0.29) is 5.91 Å². The highest BCUT2D eigenvalue weighted by atomic mass is 16.5. The number of anilines is 1. The van der Waals surface area contributed by atoms with E-state index in [1.54, 1.807) is 7.11 Å². The molecule has 1 aliphatic heterocycles. The molecule has 0 bridgehead atoms. The van der Waals surface area contributed by atoms with E-state index in [0.29, 0.717) is 11.3 Å². The van der Waals surface area contributed by atoms with Gasteiger partial charge in [-0.3, -0.25) is 9.20 Å². The van der Waals surface area contributed by atoms with Gasteiger partial charge in [-0.1, -0.05) is 35.9 Å². The number of pyridine rings is 1. The van der Waals surface area contributed by atoms with Crippen LogP contribution < -0.4 is 10.1 Å². The lowest BCUT2D eigenvalue weighted by atomic mass is 10.0. The Balaban J connectivity index is 1.75. The average molecular weight is 381 g/mol. The van der Waals surface area contributed by atoms with Crippen LogP contribution in [0, 0.1) is 6.92 Å². The second-order valence-electron chi connectivity index (χ2n) is 7.06. The number of hydrogen-bond donors (Lipinski definition) is 1. The van der Waals surface area contributed by atoms with E-state index in [1.165, 1.54) is 5.56 Å². The summed E-state index contributed by atoms with van der Waals surface area (Å²) in [5, 5.41) is 2.93. The van der Waals surface area contributed by atoms with Crippen molar-refractivity contribution in [3.63, 3.8) is 0 Å². The van der Waals surface area contributed by atoms with E-state index in [4.69, 9.17) is 9.72 Å². The van der Waals surface area contributed by atoms with Crippen LogP contribution in [0.3, 0.4) is 0 Å². The molecule has 0 fully saturated rings. The van der Waals surface area contributed by atoms with Crippen molar-refractivity contribution in [3.8, 4) is 17.0 Å². The molecule has 0 unspecified atom stereocenters. The highest BCUT2D eigenvalue weighted by molar-refractivity contribution is 6.35. The zero-order valence-corrected chi connectivity index (χ0v) is 16.1. The SMILES string of the molecule is COc1ccc2c(c1)/C(=C\c1c(-c3ccc(C)cc3)nc3ccccn13)C(=O)N2. The van der Waals surface area contributed by atoms with Gasteiger partial charge in [0.15, 0.2) is 0 Å². The molecule has 142 valence electrons.